The normalized spacial score (nSPS) is 16.3. The van der Waals surface area contributed by atoms with E-state index in [-0.39, 0.29) is 12.1 Å². The van der Waals surface area contributed by atoms with Crippen molar-refractivity contribution in [2.45, 2.75) is 45.1 Å². The highest BCUT2D eigenvalue weighted by Crippen LogP contribution is 2.38. The Labute approximate surface area is 194 Å². The van der Waals surface area contributed by atoms with Gasteiger partial charge in [-0.1, -0.05) is 25.0 Å². The maximum absolute atomic E-state index is 13.0. The molecule has 0 radical (unpaired) electrons. The summed E-state index contributed by atoms with van der Waals surface area (Å²) >= 11 is 0. The molecular weight excluding hydrogens is 414 g/mol. The molecule has 0 saturated heterocycles. The van der Waals surface area contributed by atoms with Crippen LogP contribution in [-0.4, -0.2) is 45.6 Å². The van der Waals surface area contributed by atoms with Gasteiger partial charge in [-0.25, -0.2) is 14.8 Å². The zero-order valence-corrected chi connectivity index (χ0v) is 19.1. The molecule has 3 heterocycles. The molecule has 1 saturated carbocycles. The molecule has 2 aromatic heterocycles. The Morgan fingerprint density at radius 3 is 2.42 bits per heavy atom. The third-order valence-electron chi connectivity index (χ3n) is 6.43. The number of fused-ring (bicyclic) bond motifs is 1. The summed E-state index contributed by atoms with van der Waals surface area (Å²) in [5.41, 5.74) is 4.13. The number of nitrogens with zero attached hydrogens (tertiary/aromatic N) is 6. The Morgan fingerprint density at radius 1 is 1.03 bits per heavy atom. The van der Waals surface area contributed by atoms with Crippen molar-refractivity contribution in [3.05, 3.63) is 66.1 Å². The maximum Gasteiger partial charge on any atom is 0.343 e. The van der Waals surface area contributed by atoms with Crippen molar-refractivity contribution in [2.24, 2.45) is 0 Å². The summed E-state index contributed by atoms with van der Waals surface area (Å²) in [5, 5.41) is 7.25. The van der Waals surface area contributed by atoms with Crippen molar-refractivity contribution >= 4 is 29.2 Å². The van der Waals surface area contributed by atoms with Crippen LogP contribution in [0.2, 0.25) is 0 Å². The lowest BCUT2D eigenvalue weighted by Crippen LogP contribution is -2.59. The van der Waals surface area contributed by atoms with Gasteiger partial charge in [0.15, 0.2) is 5.82 Å². The van der Waals surface area contributed by atoms with E-state index < -0.39 is 0 Å². The van der Waals surface area contributed by atoms with Gasteiger partial charge in [0.05, 0.1) is 12.2 Å². The van der Waals surface area contributed by atoms with Gasteiger partial charge in [-0.05, 0) is 61.6 Å². The number of nitrogens with one attached hydrogen (secondary N) is 1. The van der Waals surface area contributed by atoms with E-state index in [1.807, 2.05) is 48.6 Å². The molecule has 8 heteroatoms. The lowest BCUT2D eigenvalue weighted by molar-refractivity contribution is 0.191. The molecular formula is C25H29N7O. The van der Waals surface area contributed by atoms with Crippen LogP contribution in [0.4, 0.5) is 27.9 Å². The van der Waals surface area contributed by atoms with E-state index >= 15 is 0 Å². The molecule has 0 spiro atoms. The second-order valence-corrected chi connectivity index (χ2v) is 8.60. The van der Waals surface area contributed by atoms with Gasteiger partial charge in [-0.15, -0.1) is 0 Å². The van der Waals surface area contributed by atoms with E-state index in [4.69, 9.17) is 4.98 Å². The lowest BCUT2D eigenvalue weighted by Gasteiger charge is -2.45. The van der Waals surface area contributed by atoms with Crippen molar-refractivity contribution in [1.29, 1.82) is 0 Å². The zero-order chi connectivity index (χ0) is 22.8. The number of carbonyl (C=O) groups is 1. The topological polar surface area (TPSA) is 77.5 Å². The van der Waals surface area contributed by atoms with Crippen LogP contribution in [0.15, 0.2) is 55.0 Å². The highest BCUT2D eigenvalue weighted by Gasteiger charge is 2.39. The molecule has 1 aliphatic heterocycles. The number of aromatic nitrogens is 3. The van der Waals surface area contributed by atoms with E-state index in [1.165, 1.54) is 24.0 Å². The molecule has 0 atom stereocenters. The summed E-state index contributed by atoms with van der Waals surface area (Å²) in [6, 6.07) is 12.6. The van der Waals surface area contributed by atoms with Crippen molar-refractivity contribution in [3.63, 3.8) is 0 Å². The van der Waals surface area contributed by atoms with Gasteiger partial charge in [0, 0.05) is 31.7 Å². The third kappa shape index (κ3) is 4.20. The monoisotopic (exact) mass is 443 g/mol. The second-order valence-electron chi connectivity index (χ2n) is 8.60. The van der Waals surface area contributed by atoms with Crippen molar-refractivity contribution in [2.75, 3.05) is 28.8 Å². The molecule has 2 aliphatic rings. The van der Waals surface area contributed by atoms with Crippen molar-refractivity contribution in [1.82, 2.24) is 20.0 Å². The number of hydrogen-bond donors (Lipinski definition) is 1. The quantitative estimate of drug-likeness (QED) is 0.592. The molecule has 0 bridgehead atoms. The Morgan fingerprint density at radius 2 is 1.73 bits per heavy atom. The molecule has 0 unspecified atom stereocenters. The average Bonchev–Trinajstić information content (AvgIpc) is 3.37. The molecule has 5 rings (SSSR count). The standard InChI is InChI=1S/C25H29N7O/c1-3-31-25(33)30(2)22-17-27-24(29-23(22)32(31)21-6-4-5-7-21)28-20-10-8-18(9-11-20)16-19-12-14-26-15-13-19/h8-15,17,21H,3-7,16H2,1-2H3,(H,27,28,29). The lowest BCUT2D eigenvalue weighted by atomic mass is 10.1. The summed E-state index contributed by atoms with van der Waals surface area (Å²) in [4.78, 5) is 28.1. The number of carbonyl (C=O) groups excluding carboxylic acids is 1. The fourth-order valence-corrected chi connectivity index (χ4v) is 4.69. The molecule has 3 aromatic rings. The average molecular weight is 444 g/mol. The highest BCUT2D eigenvalue weighted by atomic mass is 16.2. The summed E-state index contributed by atoms with van der Waals surface area (Å²) in [6.45, 7) is 2.61. The van der Waals surface area contributed by atoms with Crippen LogP contribution in [0.3, 0.4) is 0 Å². The maximum atomic E-state index is 13.0. The van der Waals surface area contributed by atoms with Crippen LogP contribution in [0, 0.1) is 0 Å². The first kappa shape index (κ1) is 21.2. The van der Waals surface area contributed by atoms with Crippen LogP contribution >= 0.6 is 0 Å². The number of hydrogen-bond acceptors (Lipinski definition) is 6. The van der Waals surface area contributed by atoms with Gasteiger partial charge in [-0.3, -0.25) is 14.9 Å². The van der Waals surface area contributed by atoms with Gasteiger partial charge in [0.25, 0.3) is 0 Å². The van der Waals surface area contributed by atoms with Crippen LogP contribution < -0.4 is 15.2 Å². The van der Waals surface area contributed by atoms with Crippen molar-refractivity contribution < 1.29 is 4.79 Å². The van der Waals surface area contributed by atoms with Crippen LogP contribution in [0.25, 0.3) is 0 Å². The number of rotatable bonds is 6. The van der Waals surface area contributed by atoms with E-state index in [1.54, 1.807) is 18.1 Å². The van der Waals surface area contributed by atoms with Gasteiger partial charge < -0.3 is 5.32 Å². The Kier molecular flexibility index (Phi) is 5.81. The molecule has 8 nitrogen and oxygen atoms in total. The molecule has 2 amide bonds. The largest absolute Gasteiger partial charge is 0.343 e. The summed E-state index contributed by atoms with van der Waals surface area (Å²) in [5.74, 6) is 1.31. The predicted molar refractivity (Wildman–Crippen MR) is 130 cm³/mol. The van der Waals surface area contributed by atoms with Gasteiger partial charge in [0.2, 0.25) is 5.95 Å². The first-order valence-corrected chi connectivity index (χ1v) is 11.6. The van der Waals surface area contributed by atoms with Crippen LogP contribution in [0.1, 0.15) is 43.7 Å². The van der Waals surface area contributed by atoms with E-state index in [0.717, 1.165) is 36.5 Å². The Balaban J connectivity index is 1.39. The molecule has 1 aromatic carbocycles. The first-order chi connectivity index (χ1) is 16.1. The first-order valence-electron chi connectivity index (χ1n) is 11.6. The molecule has 1 aliphatic carbocycles. The fourth-order valence-electron chi connectivity index (χ4n) is 4.69. The molecule has 1 fully saturated rings. The van der Waals surface area contributed by atoms with E-state index in [2.05, 4.69) is 32.4 Å². The van der Waals surface area contributed by atoms with Crippen LogP contribution in [-0.2, 0) is 6.42 Å². The SMILES string of the molecule is CCN1C(=O)N(C)c2cnc(Nc3ccc(Cc4ccncc4)cc3)nc2N1C1CCCC1. The fraction of sp³-hybridized carbons (Fsp3) is 0.360. The molecule has 170 valence electrons. The number of hydrazine groups is 1. The van der Waals surface area contributed by atoms with Gasteiger partial charge in [-0.2, -0.15) is 4.98 Å². The summed E-state index contributed by atoms with van der Waals surface area (Å²) < 4.78 is 0. The zero-order valence-electron chi connectivity index (χ0n) is 19.1. The minimum Gasteiger partial charge on any atom is -0.324 e. The number of anilines is 4. The highest BCUT2D eigenvalue weighted by molar-refractivity contribution is 5.98. The summed E-state index contributed by atoms with van der Waals surface area (Å²) in [6.07, 6.45) is 10.7. The minimum atomic E-state index is -0.0361. The Bertz CT molecular complexity index is 1110. The van der Waals surface area contributed by atoms with E-state index in [0.29, 0.717) is 12.5 Å². The predicted octanol–water partition coefficient (Wildman–Crippen LogP) is 4.76. The van der Waals surface area contributed by atoms with E-state index in [9.17, 15) is 4.79 Å². The smallest absolute Gasteiger partial charge is 0.324 e. The second kappa shape index (κ2) is 9.05. The Hall–Kier alpha value is -3.68. The summed E-state index contributed by atoms with van der Waals surface area (Å²) in [7, 11) is 1.79. The van der Waals surface area contributed by atoms with Crippen LogP contribution in [0.5, 0.6) is 0 Å². The molecule has 33 heavy (non-hydrogen) atoms. The number of amides is 2. The number of urea groups is 1. The third-order valence-corrected chi connectivity index (χ3v) is 6.43. The van der Waals surface area contributed by atoms with Gasteiger partial charge in [0.1, 0.15) is 5.69 Å². The number of benzene rings is 1. The van der Waals surface area contributed by atoms with Crippen molar-refractivity contribution in [3.8, 4) is 0 Å². The minimum absolute atomic E-state index is 0.0361. The number of pyridine rings is 1. The van der Waals surface area contributed by atoms with Gasteiger partial charge >= 0.3 is 6.03 Å². The molecule has 1 N–H and O–H groups in total.